The molecule has 3 heterocycles. The second kappa shape index (κ2) is 7.51. The second-order valence-electron chi connectivity index (χ2n) is 7.59. The zero-order chi connectivity index (χ0) is 17.1. The first kappa shape index (κ1) is 17.2. The molecule has 1 amide bonds. The maximum atomic E-state index is 12.7. The van der Waals surface area contributed by atoms with Gasteiger partial charge in [0, 0.05) is 31.9 Å². The molecule has 3 rings (SSSR count). The first-order valence-corrected chi connectivity index (χ1v) is 9.08. The third-order valence-electron chi connectivity index (χ3n) is 5.31. The molecule has 2 aliphatic heterocycles. The standard InChI is InChI=1S/C19H29N3O2/c1-14(2)11-21-8-6-16-12-22(13-17(16)7-9-21)19(23)15-4-5-18(24-3)20-10-15/h4-5,10,14,16-17H,6-9,11-13H2,1-3H3/t16-,17+. The van der Waals surface area contributed by atoms with Gasteiger partial charge >= 0.3 is 0 Å². The molecule has 0 bridgehead atoms. The third kappa shape index (κ3) is 3.89. The Morgan fingerprint density at radius 1 is 1.25 bits per heavy atom. The number of amides is 1. The number of carbonyl (C=O) groups is 1. The van der Waals surface area contributed by atoms with Gasteiger partial charge in [-0.15, -0.1) is 0 Å². The van der Waals surface area contributed by atoms with E-state index in [2.05, 4.69) is 23.7 Å². The fourth-order valence-corrected chi connectivity index (χ4v) is 4.08. The van der Waals surface area contributed by atoms with Crippen LogP contribution in [0.1, 0.15) is 37.0 Å². The van der Waals surface area contributed by atoms with E-state index in [9.17, 15) is 4.79 Å². The molecule has 132 valence electrons. The topological polar surface area (TPSA) is 45.7 Å². The van der Waals surface area contributed by atoms with Gasteiger partial charge in [-0.25, -0.2) is 4.98 Å². The first-order chi connectivity index (χ1) is 11.6. The van der Waals surface area contributed by atoms with Crippen molar-refractivity contribution in [3.8, 4) is 5.88 Å². The van der Waals surface area contributed by atoms with Crippen LogP contribution in [0.5, 0.6) is 5.88 Å². The second-order valence-corrected chi connectivity index (χ2v) is 7.59. The Bertz CT molecular complexity index is 542. The predicted octanol–water partition coefficient (Wildman–Crippen LogP) is 2.53. The van der Waals surface area contributed by atoms with Crippen LogP contribution in [0, 0.1) is 17.8 Å². The van der Waals surface area contributed by atoms with Crippen LogP contribution in [0.2, 0.25) is 0 Å². The summed E-state index contributed by atoms with van der Waals surface area (Å²) in [6.45, 7) is 9.90. The lowest BCUT2D eigenvalue weighted by atomic mass is 9.92. The Labute approximate surface area is 145 Å². The van der Waals surface area contributed by atoms with Gasteiger partial charge in [0.05, 0.1) is 12.7 Å². The molecule has 0 aromatic carbocycles. The summed E-state index contributed by atoms with van der Waals surface area (Å²) in [6, 6.07) is 3.57. The SMILES string of the molecule is COc1ccc(C(=O)N2C[C@H]3CCN(CC(C)C)CC[C@H]3C2)cn1. The zero-order valence-corrected chi connectivity index (χ0v) is 15.1. The number of hydrogen-bond donors (Lipinski definition) is 0. The Hall–Kier alpha value is -1.62. The van der Waals surface area contributed by atoms with E-state index < -0.39 is 0 Å². The molecule has 2 saturated heterocycles. The highest BCUT2D eigenvalue weighted by Crippen LogP contribution is 2.32. The summed E-state index contributed by atoms with van der Waals surface area (Å²) in [4.78, 5) is 21.5. The Morgan fingerprint density at radius 2 is 1.92 bits per heavy atom. The normalized spacial score (nSPS) is 24.8. The van der Waals surface area contributed by atoms with Gasteiger partial charge in [0.2, 0.25) is 5.88 Å². The third-order valence-corrected chi connectivity index (χ3v) is 5.31. The summed E-state index contributed by atoms with van der Waals surface area (Å²) >= 11 is 0. The van der Waals surface area contributed by atoms with Gasteiger partial charge in [-0.3, -0.25) is 4.79 Å². The molecular formula is C19H29N3O2. The summed E-state index contributed by atoms with van der Waals surface area (Å²) in [6.07, 6.45) is 4.05. The average molecular weight is 331 g/mol. The monoisotopic (exact) mass is 331 g/mol. The van der Waals surface area contributed by atoms with Crippen molar-refractivity contribution in [1.29, 1.82) is 0 Å². The molecule has 2 atom stereocenters. The quantitative estimate of drug-likeness (QED) is 0.850. The Kier molecular flexibility index (Phi) is 5.39. The smallest absolute Gasteiger partial charge is 0.255 e. The molecule has 2 fully saturated rings. The lowest BCUT2D eigenvalue weighted by molar-refractivity contribution is 0.0779. The van der Waals surface area contributed by atoms with E-state index in [1.54, 1.807) is 19.4 Å². The van der Waals surface area contributed by atoms with E-state index in [0.29, 0.717) is 23.3 Å². The van der Waals surface area contributed by atoms with Crippen LogP contribution >= 0.6 is 0 Å². The van der Waals surface area contributed by atoms with Crippen molar-refractivity contribution in [1.82, 2.24) is 14.8 Å². The summed E-state index contributed by atoms with van der Waals surface area (Å²) in [5.41, 5.74) is 0.661. The number of fused-ring (bicyclic) bond motifs is 1. The lowest BCUT2D eigenvalue weighted by Gasteiger charge is -2.23. The van der Waals surface area contributed by atoms with Gasteiger partial charge in [0.15, 0.2) is 0 Å². The maximum absolute atomic E-state index is 12.7. The molecule has 0 unspecified atom stereocenters. The number of pyridine rings is 1. The molecule has 24 heavy (non-hydrogen) atoms. The summed E-state index contributed by atoms with van der Waals surface area (Å²) in [5, 5.41) is 0. The van der Waals surface area contributed by atoms with Gasteiger partial charge in [0.1, 0.15) is 0 Å². The highest BCUT2D eigenvalue weighted by Gasteiger charge is 2.37. The van der Waals surface area contributed by atoms with Crippen LogP contribution in [0.25, 0.3) is 0 Å². The number of carbonyl (C=O) groups excluding carboxylic acids is 1. The van der Waals surface area contributed by atoms with E-state index >= 15 is 0 Å². The number of aromatic nitrogens is 1. The minimum absolute atomic E-state index is 0.109. The maximum Gasteiger partial charge on any atom is 0.255 e. The fraction of sp³-hybridized carbons (Fsp3) is 0.684. The highest BCUT2D eigenvalue weighted by molar-refractivity contribution is 5.94. The number of methoxy groups -OCH3 is 1. The first-order valence-electron chi connectivity index (χ1n) is 9.08. The van der Waals surface area contributed by atoms with Crippen molar-refractivity contribution >= 4 is 5.91 Å². The van der Waals surface area contributed by atoms with E-state index in [4.69, 9.17) is 4.74 Å². The number of nitrogens with zero attached hydrogens (tertiary/aromatic N) is 3. The average Bonchev–Trinajstić information content (AvgIpc) is 2.91. The molecule has 1 aromatic rings. The van der Waals surface area contributed by atoms with Crippen LogP contribution in [0.15, 0.2) is 18.3 Å². The highest BCUT2D eigenvalue weighted by atomic mass is 16.5. The zero-order valence-electron chi connectivity index (χ0n) is 15.1. The predicted molar refractivity (Wildman–Crippen MR) is 94.2 cm³/mol. The van der Waals surface area contributed by atoms with Crippen LogP contribution in [-0.2, 0) is 0 Å². The largest absolute Gasteiger partial charge is 0.481 e. The van der Waals surface area contributed by atoms with E-state index in [1.165, 1.54) is 32.5 Å². The fourth-order valence-electron chi connectivity index (χ4n) is 4.08. The molecule has 0 spiro atoms. The molecule has 2 aliphatic rings. The van der Waals surface area contributed by atoms with Crippen LogP contribution in [0.4, 0.5) is 0 Å². The molecule has 0 aliphatic carbocycles. The summed E-state index contributed by atoms with van der Waals surface area (Å²) in [5.74, 6) is 2.68. The summed E-state index contributed by atoms with van der Waals surface area (Å²) in [7, 11) is 1.58. The Balaban J connectivity index is 1.58. The van der Waals surface area contributed by atoms with Gasteiger partial charge in [-0.2, -0.15) is 0 Å². The van der Waals surface area contributed by atoms with Crippen LogP contribution in [-0.4, -0.2) is 60.5 Å². The van der Waals surface area contributed by atoms with Crippen molar-refractivity contribution in [2.45, 2.75) is 26.7 Å². The van der Waals surface area contributed by atoms with Crippen molar-refractivity contribution in [3.05, 3.63) is 23.9 Å². The van der Waals surface area contributed by atoms with Gasteiger partial charge in [0.25, 0.3) is 5.91 Å². The summed E-state index contributed by atoms with van der Waals surface area (Å²) < 4.78 is 5.06. The number of ether oxygens (including phenoxy) is 1. The molecule has 5 heteroatoms. The molecule has 0 saturated carbocycles. The van der Waals surface area contributed by atoms with E-state index in [0.717, 1.165) is 19.0 Å². The van der Waals surface area contributed by atoms with Gasteiger partial charge < -0.3 is 14.5 Å². The molecule has 0 radical (unpaired) electrons. The van der Waals surface area contributed by atoms with Crippen molar-refractivity contribution in [2.75, 3.05) is 39.8 Å². The minimum atomic E-state index is 0.109. The van der Waals surface area contributed by atoms with Crippen molar-refractivity contribution < 1.29 is 9.53 Å². The molecule has 0 N–H and O–H groups in total. The molecule has 5 nitrogen and oxygen atoms in total. The number of likely N-dealkylation sites (tertiary alicyclic amines) is 2. The number of hydrogen-bond acceptors (Lipinski definition) is 4. The van der Waals surface area contributed by atoms with Gasteiger partial charge in [-0.1, -0.05) is 13.8 Å². The van der Waals surface area contributed by atoms with E-state index in [1.807, 2.05) is 11.0 Å². The van der Waals surface area contributed by atoms with Crippen LogP contribution in [0.3, 0.4) is 0 Å². The molecular weight excluding hydrogens is 302 g/mol. The number of rotatable bonds is 4. The van der Waals surface area contributed by atoms with Gasteiger partial charge in [-0.05, 0) is 49.8 Å². The Morgan fingerprint density at radius 3 is 2.42 bits per heavy atom. The molecule has 1 aromatic heterocycles. The van der Waals surface area contributed by atoms with Crippen molar-refractivity contribution in [2.24, 2.45) is 17.8 Å². The van der Waals surface area contributed by atoms with Crippen LogP contribution < -0.4 is 4.74 Å². The lowest BCUT2D eigenvalue weighted by Crippen LogP contribution is -2.32. The van der Waals surface area contributed by atoms with Crippen molar-refractivity contribution in [3.63, 3.8) is 0 Å². The minimum Gasteiger partial charge on any atom is -0.481 e. The van der Waals surface area contributed by atoms with E-state index in [-0.39, 0.29) is 5.91 Å².